The molecule has 2 aliphatic heterocycles. The first-order valence-electron chi connectivity index (χ1n) is 6.90. The first-order valence-corrected chi connectivity index (χ1v) is 8.85. The lowest BCUT2D eigenvalue weighted by Crippen LogP contribution is -2.63. The molecule has 1 unspecified atom stereocenters. The summed E-state index contributed by atoms with van der Waals surface area (Å²) in [5, 5.41) is 0. The molecule has 0 bridgehead atoms. The van der Waals surface area contributed by atoms with Gasteiger partial charge in [0.1, 0.15) is 0 Å². The van der Waals surface area contributed by atoms with Crippen molar-refractivity contribution in [3.8, 4) is 0 Å². The van der Waals surface area contributed by atoms with Crippen LogP contribution in [-0.4, -0.2) is 29.5 Å². The number of guanidine groups is 1. The largest absolute Gasteiger partial charge is 0.369 e. The maximum Gasteiger partial charge on any atom is 0.196 e. The standard InChI is InChI=1S/C15H20BrN3S/c1-14(2)7-8-20-10-15(14)9-18-13(17)19(15)12-5-3-11(16)4-6-12/h3-6H,7-10H2,1-2H3,(H2,17,18). The summed E-state index contributed by atoms with van der Waals surface area (Å²) in [5.74, 6) is 2.96. The summed E-state index contributed by atoms with van der Waals surface area (Å²) in [6.07, 6.45) is 1.20. The van der Waals surface area contributed by atoms with Crippen LogP contribution < -0.4 is 10.6 Å². The molecule has 108 valence electrons. The van der Waals surface area contributed by atoms with Crippen molar-refractivity contribution in [2.24, 2.45) is 16.1 Å². The summed E-state index contributed by atoms with van der Waals surface area (Å²) in [6, 6.07) is 8.37. The highest BCUT2D eigenvalue weighted by Gasteiger charge is 2.54. The quantitative estimate of drug-likeness (QED) is 0.840. The van der Waals surface area contributed by atoms with Gasteiger partial charge in [-0.3, -0.25) is 4.99 Å². The third-order valence-electron chi connectivity index (χ3n) is 4.72. The van der Waals surface area contributed by atoms with Gasteiger partial charge in [-0.1, -0.05) is 29.8 Å². The molecule has 1 fully saturated rings. The van der Waals surface area contributed by atoms with Crippen molar-refractivity contribution in [2.75, 3.05) is 23.0 Å². The van der Waals surface area contributed by atoms with Crippen LogP contribution in [0.5, 0.6) is 0 Å². The molecule has 3 nitrogen and oxygen atoms in total. The molecule has 2 N–H and O–H groups in total. The van der Waals surface area contributed by atoms with Crippen LogP contribution in [0.4, 0.5) is 5.69 Å². The van der Waals surface area contributed by atoms with Gasteiger partial charge in [0.15, 0.2) is 5.96 Å². The molecule has 2 aliphatic rings. The molecule has 0 saturated carbocycles. The number of anilines is 1. The Balaban J connectivity index is 2.05. The zero-order valence-electron chi connectivity index (χ0n) is 11.9. The zero-order valence-corrected chi connectivity index (χ0v) is 14.3. The molecule has 0 aromatic heterocycles. The molecule has 1 aromatic carbocycles. The first kappa shape index (κ1) is 14.3. The number of hydrogen-bond donors (Lipinski definition) is 1. The number of nitrogens with zero attached hydrogens (tertiary/aromatic N) is 2. The molecule has 2 heterocycles. The van der Waals surface area contributed by atoms with Crippen molar-refractivity contribution in [1.29, 1.82) is 0 Å². The third-order valence-corrected chi connectivity index (χ3v) is 6.42. The molecule has 0 radical (unpaired) electrons. The lowest BCUT2D eigenvalue weighted by molar-refractivity contribution is 0.192. The Morgan fingerprint density at radius 1 is 1.30 bits per heavy atom. The maximum absolute atomic E-state index is 6.23. The van der Waals surface area contributed by atoms with E-state index in [1.165, 1.54) is 12.2 Å². The second kappa shape index (κ2) is 4.95. The number of aliphatic imine (C=N–C) groups is 1. The highest BCUT2D eigenvalue weighted by Crippen LogP contribution is 2.49. The molecule has 1 atom stereocenters. The lowest BCUT2D eigenvalue weighted by atomic mass is 9.70. The molecule has 1 aromatic rings. The normalized spacial score (nSPS) is 28.8. The maximum atomic E-state index is 6.23. The number of halogens is 1. The fraction of sp³-hybridized carbons (Fsp3) is 0.533. The predicted octanol–water partition coefficient (Wildman–Crippen LogP) is 3.49. The summed E-state index contributed by atoms with van der Waals surface area (Å²) in [4.78, 5) is 6.85. The molecule has 5 heteroatoms. The second-order valence-electron chi connectivity index (χ2n) is 6.20. The zero-order chi connectivity index (χ0) is 14.4. The van der Waals surface area contributed by atoms with Crippen molar-refractivity contribution >= 4 is 39.3 Å². The molecular weight excluding hydrogens is 334 g/mol. The Morgan fingerprint density at radius 2 is 2.00 bits per heavy atom. The molecule has 20 heavy (non-hydrogen) atoms. The Hall–Kier alpha value is -0.680. The van der Waals surface area contributed by atoms with Gasteiger partial charge in [-0.15, -0.1) is 0 Å². The summed E-state index contributed by atoms with van der Waals surface area (Å²) >= 11 is 5.51. The SMILES string of the molecule is CC1(C)CCSCC12CN=C(N)N2c1ccc(Br)cc1. The van der Waals surface area contributed by atoms with Crippen molar-refractivity contribution < 1.29 is 0 Å². The monoisotopic (exact) mass is 353 g/mol. The van der Waals surface area contributed by atoms with Crippen LogP contribution in [0.3, 0.4) is 0 Å². The minimum atomic E-state index is 0.00777. The lowest BCUT2D eigenvalue weighted by Gasteiger charge is -2.52. The highest BCUT2D eigenvalue weighted by molar-refractivity contribution is 9.10. The molecule has 1 spiro atoms. The number of rotatable bonds is 1. The van der Waals surface area contributed by atoms with E-state index >= 15 is 0 Å². The third kappa shape index (κ3) is 2.06. The van der Waals surface area contributed by atoms with Crippen LogP contribution >= 0.6 is 27.7 Å². The van der Waals surface area contributed by atoms with Crippen molar-refractivity contribution in [1.82, 2.24) is 0 Å². The summed E-state index contributed by atoms with van der Waals surface area (Å²) < 4.78 is 1.09. The van der Waals surface area contributed by atoms with Crippen LogP contribution in [0.15, 0.2) is 33.7 Å². The molecule has 3 rings (SSSR count). The van der Waals surface area contributed by atoms with E-state index in [0.717, 1.165) is 22.5 Å². The number of thioether (sulfide) groups is 1. The van der Waals surface area contributed by atoms with Gasteiger partial charge in [0.2, 0.25) is 0 Å². The van der Waals surface area contributed by atoms with Gasteiger partial charge in [0, 0.05) is 15.9 Å². The van der Waals surface area contributed by atoms with Crippen LogP contribution in [0.25, 0.3) is 0 Å². The van der Waals surface area contributed by atoms with Gasteiger partial charge in [-0.2, -0.15) is 11.8 Å². The predicted molar refractivity (Wildman–Crippen MR) is 91.6 cm³/mol. The summed E-state index contributed by atoms with van der Waals surface area (Å²) in [5.41, 5.74) is 7.58. The van der Waals surface area contributed by atoms with E-state index in [9.17, 15) is 0 Å². The fourth-order valence-corrected chi connectivity index (χ4v) is 5.18. The Bertz CT molecular complexity index is 541. The van der Waals surface area contributed by atoms with E-state index in [-0.39, 0.29) is 11.0 Å². The smallest absolute Gasteiger partial charge is 0.196 e. The minimum Gasteiger partial charge on any atom is -0.369 e. The van der Waals surface area contributed by atoms with E-state index in [2.05, 4.69) is 63.9 Å². The molecular formula is C15H20BrN3S. The van der Waals surface area contributed by atoms with Crippen LogP contribution in [0, 0.1) is 5.41 Å². The van der Waals surface area contributed by atoms with Gasteiger partial charge < -0.3 is 10.6 Å². The van der Waals surface area contributed by atoms with Gasteiger partial charge in [0.05, 0.1) is 12.1 Å². The fourth-order valence-electron chi connectivity index (χ4n) is 3.17. The minimum absolute atomic E-state index is 0.00777. The van der Waals surface area contributed by atoms with Crippen molar-refractivity contribution in [3.63, 3.8) is 0 Å². The Kier molecular flexibility index (Phi) is 3.53. The van der Waals surface area contributed by atoms with Crippen LogP contribution in [-0.2, 0) is 0 Å². The van der Waals surface area contributed by atoms with Gasteiger partial charge in [0.25, 0.3) is 0 Å². The number of nitrogens with two attached hydrogens (primary N) is 1. The Morgan fingerprint density at radius 3 is 2.65 bits per heavy atom. The van der Waals surface area contributed by atoms with Crippen LogP contribution in [0.2, 0.25) is 0 Å². The first-order chi connectivity index (χ1) is 9.46. The summed E-state index contributed by atoms with van der Waals surface area (Å²) in [6.45, 7) is 5.51. The average molecular weight is 354 g/mol. The average Bonchev–Trinajstić information content (AvgIpc) is 2.74. The van der Waals surface area contributed by atoms with E-state index in [1.54, 1.807) is 0 Å². The number of benzene rings is 1. The van der Waals surface area contributed by atoms with Crippen LogP contribution in [0.1, 0.15) is 20.3 Å². The van der Waals surface area contributed by atoms with Crippen molar-refractivity contribution in [2.45, 2.75) is 25.8 Å². The topological polar surface area (TPSA) is 41.6 Å². The highest BCUT2D eigenvalue weighted by atomic mass is 79.9. The molecule has 0 aliphatic carbocycles. The van der Waals surface area contributed by atoms with Crippen molar-refractivity contribution in [3.05, 3.63) is 28.7 Å². The van der Waals surface area contributed by atoms with Gasteiger partial charge in [-0.25, -0.2) is 0 Å². The second-order valence-corrected chi connectivity index (χ2v) is 8.23. The van der Waals surface area contributed by atoms with E-state index in [1.807, 2.05) is 11.8 Å². The molecule has 0 amide bonds. The summed E-state index contributed by atoms with van der Waals surface area (Å²) in [7, 11) is 0. The number of hydrogen-bond acceptors (Lipinski definition) is 4. The molecule has 1 saturated heterocycles. The van der Waals surface area contributed by atoms with E-state index in [4.69, 9.17) is 5.73 Å². The van der Waals surface area contributed by atoms with Gasteiger partial charge >= 0.3 is 0 Å². The van der Waals surface area contributed by atoms with Gasteiger partial charge in [-0.05, 0) is 41.9 Å². The van der Waals surface area contributed by atoms with E-state index < -0.39 is 0 Å². The Labute approximate surface area is 133 Å². The van der Waals surface area contributed by atoms with E-state index in [0.29, 0.717) is 5.96 Å².